The highest BCUT2D eigenvalue weighted by Crippen LogP contribution is 2.57. The van der Waals surface area contributed by atoms with Gasteiger partial charge in [0.05, 0.1) is 11.0 Å². The number of fused-ring (bicyclic) bond motifs is 12. The van der Waals surface area contributed by atoms with E-state index >= 15 is 0 Å². The normalized spacial score (nSPS) is 13.3. The fourth-order valence-electron chi connectivity index (χ4n) is 9.78. The van der Waals surface area contributed by atoms with E-state index in [2.05, 4.69) is 144 Å². The molecule has 4 aromatic heterocycles. The van der Waals surface area contributed by atoms with Crippen LogP contribution in [-0.2, 0) is 5.41 Å². The van der Waals surface area contributed by atoms with Crippen molar-refractivity contribution in [1.82, 2.24) is 19.5 Å². The van der Waals surface area contributed by atoms with Crippen LogP contribution in [0.2, 0.25) is 0 Å². The van der Waals surface area contributed by atoms with Crippen molar-refractivity contribution in [1.29, 1.82) is 0 Å². The van der Waals surface area contributed by atoms with Crippen molar-refractivity contribution in [3.8, 4) is 28.5 Å². The van der Waals surface area contributed by atoms with Gasteiger partial charge in [-0.25, -0.2) is 4.98 Å². The summed E-state index contributed by atoms with van der Waals surface area (Å²) in [6.45, 7) is 0. The first-order valence-corrected chi connectivity index (χ1v) is 19.5. The third-order valence-corrected chi connectivity index (χ3v) is 12.1. The summed E-state index contributed by atoms with van der Waals surface area (Å²) in [5.74, 6) is 1.68. The number of hydrogen-bond donors (Lipinski definition) is 0. The minimum Gasteiger partial charge on any atom is -0.456 e. The molecule has 0 fully saturated rings. The summed E-state index contributed by atoms with van der Waals surface area (Å²) in [6.07, 6.45) is 0. The van der Waals surface area contributed by atoms with Crippen molar-refractivity contribution < 1.29 is 8.83 Å². The Kier molecular flexibility index (Phi) is 6.28. The maximum Gasteiger partial charge on any atom is 0.238 e. The maximum absolute atomic E-state index is 6.91. The molecule has 0 saturated carbocycles. The van der Waals surface area contributed by atoms with Crippen LogP contribution in [0.25, 0.3) is 94.1 Å². The molecule has 58 heavy (non-hydrogen) atoms. The first-order chi connectivity index (χ1) is 28.8. The standard InChI is InChI=1S/C52H30N4O2/c1-7-23-39-31(15-1)32-16-2-8-24-40(32)52(39,41-25-13-21-36-35-19-5-11-28-44(35)58-48(36)41)50-53-49(38-22-14-30-46-47(38)37-20-6-12-29-45(37)57-46)54-51(55-50)56-42-26-9-3-17-33(42)34-18-4-10-27-43(34)56/h1-30H. The lowest BCUT2D eigenvalue weighted by Crippen LogP contribution is -2.32. The summed E-state index contributed by atoms with van der Waals surface area (Å²) in [7, 11) is 0. The van der Waals surface area contributed by atoms with Crippen molar-refractivity contribution in [3.63, 3.8) is 0 Å². The molecule has 0 amide bonds. The van der Waals surface area contributed by atoms with Crippen LogP contribution >= 0.6 is 0 Å². The minimum atomic E-state index is -1.00. The Balaban J connectivity index is 1.23. The second kappa shape index (κ2) is 11.6. The first-order valence-electron chi connectivity index (χ1n) is 19.5. The summed E-state index contributed by atoms with van der Waals surface area (Å²) in [6, 6.07) is 63.3. The molecular weight excluding hydrogens is 713 g/mol. The molecule has 0 N–H and O–H groups in total. The number of hydrogen-bond acceptors (Lipinski definition) is 5. The van der Waals surface area contributed by atoms with Gasteiger partial charge in [-0.1, -0.05) is 152 Å². The van der Waals surface area contributed by atoms with Gasteiger partial charge >= 0.3 is 0 Å². The van der Waals surface area contributed by atoms with E-state index in [1.54, 1.807) is 0 Å². The van der Waals surface area contributed by atoms with Crippen molar-refractivity contribution in [2.75, 3.05) is 0 Å². The molecule has 0 aliphatic heterocycles. The van der Waals surface area contributed by atoms with Gasteiger partial charge in [0.2, 0.25) is 5.95 Å². The first kappa shape index (κ1) is 31.4. The Hall–Kier alpha value is -7.83. The van der Waals surface area contributed by atoms with E-state index in [1.807, 2.05) is 42.5 Å². The zero-order chi connectivity index (χ0) is 38.0. The van der Waals surface area contributed by atoms with E-state index in [4.69, 9.17) is 23.8 Å². The smallest absolute Gasteiger partial charge is 0.238 e. The van der Waals surface area contributed by atoms with E-state index in [1.165, 1.54) is 0 Å². The van der Waals surface area contributed by atoms with Gasteiger partial charge in [-0.2, -0.15) is 9.97 Å². The number of benzene rings is 8. The van der Waals surface area contributed by atoms with Gasteiger partial charge < -0.3 is 8.83 Å². The second-order valence-corrected chi connectivity index (χ2v) is 15.1. The van der Waals surface area contributed by atoms with Crippen molar-refractivity contribution in [2.45, 2.75) is 5.41 Å². The van der Waals surface area contributed by atoms with Crippen LogP contribution in [0.3, 0.4) is 0 Å². The zero-order valence-corrected chi connectivity index (χ0v) is 30.9. The third kappa shape index (κ3) is 4.08. The highest BCUT2D eigenvalue weighted by Gasteiger charge is 2.50. The zero-order valence-electron chi connectivity index (χ0n) is 30.9. The fraction of sp³-hybridized carbons (Fsp3) is 0.0192. The molecule has 0 spiro atoms. The fourth-order valence-corrected chi connectivity index (χ4v) is 9.78. The van der Waals surface area contributed by atoms with Gasteiger partial charge in [0, 0.05) is 43.4 Å². The lowest BCUT2D eigenvalue weighted by Gasteiger charge is -2.32. The van der Waals surface area contributed by atoms with Crippen LogP contribution < -0.4 is 0 Å². The molecule has 12 aromatic rings. The quantitative estimate of drug-likeness (QED) is 0.180. The van der Waals surface area contributed by atoms with Crippen LogP contribution in [0.1, 0.15) is 22.5 Å². The number of furan rings is 2. The summed E-state index contributed by atoms with van der Waals surface area (Å²) < 4.78 is 15.5. The van der Waals surface area contributed by atoms with E-state index in [0.29, 0.717) is 17.6 Å². The summed E-state index contributed by atoms with van der Waals surface area (Å²) in [4.78, 5) is 16.8. The van der Waals surface area contributed by atoms with Crippen molar-refractivity contribution >= 4 is 65.7 Å². The third-order valence-electron chi connectivity index (χ3n) is 12.1. The highest BCUT2D eigenvalue weighted by molar-refractivity contribution is 6.12. The highest BCUT2D eigenvalue weighted by atomic mass is 16.3. The van der Waals surface area contributed by atoms with Gasteiger partial charge in [-0.15, -0.1) is 0 Å². The Morgan fingerprint density at radius 1 is 0.379 bits per heavy atom. The lowest BCUT2D eigenvalue weighted by molar-refractivity contribution is 0.632. The van der Waals surface area contributed by atoms with Crippen LogP contribution in [0.4, 0.5) is 0 Å². The topological polar surface area (TPSA) is 69.9 Å². The Morgan fingerprint density at radius 2 is 0.897 bits per heavy atom. The molecular formula is C52H30N4O2. The Morgan fingerprint density at radius 3 is 1.62 bits per heavy atom. The molecule has 0 atom stereocenters. The van der Waals surface area contributed by atoms with Crippen molar-refractivity contribution in [2.24, 2.45) is 0 Å². The summed E-state index contributed by atoms with van der Waals surface area (Å²) >= 11 is 0. The monoisotopic (exact) mass is 742 g/mol. The largest absolute Gasteiger partial charge is 0.456 e. The summed E-state index contributed by atoms with van der Waals surface area (Å²) in [5, 5.41) is 6.33. The van der Waals surface area contributed by atoms with Crippen LogP contribution in [0.5, 0.6) is 0 Å². The molecule has 0 bridgehead atoms. The van der Waals surface area contributed by atoms with Gasteiger partial charge in [-0.3, -0.25) is 4.57 Å². The van der Waals surface area contributed by atoms with Crippen molar-refractivity contribution in [3.05, 3.63) is 205 Å². The van der Waals surface area contributed by atoms with E-state index in [0.717, 1.165) is 99.1 Å². The average molecular weight is 743 g/mol. The molecule has 13 rings (SSSR count). The molecule has 4 heterocycles. The molecule has 6 nitrogen and oxygen atoms in total. The predicted molar refractivity (Wildman–Crippen MR) is 231 cm³/mol. The molecule has 0 saturated heterocycles. The van der Waals surface area contributed by atoms with E-state index < -0.39 is 5.41 Å². The number of aromatic nitrogens is 4. The maximum atomic E-state index is 6.91. The summed E-state index contributed by atoms with van der Waals surface area (Å²) in [5.41, 5.74) is 10.5. The molecule has 8 aromatic carbocycles. The van der Waals surface area contributed by atoms with Gasteiger partial charge in [0.25, 0.3) is 0 Å². The predicted octanol–water partition coefficient (Wildman–Crippen LogP) is 12.8. The Labute approximate surface area is 331 Å². The molecule has 270 valence electrons. The molecule has 0 unspecified atom stereocenters. The molecule has 0 radical (unpaired) electrons. The average Bonchev–Trinajstić information content (AvgIpc) is 4.03. The van der Waals surface area contributed by atoms with E-state index in [-0.39, 0.29) is 0 Å². The molecule has 1 aliphatic rings. The van der Waals surface area contributed by atoms with Gasteiger partial charge in [-0.05, 0) is 52.6 Å². The SMILES string of the molecule is c1ccc2c(c1)-c1ccccc1C2(c1nc(-c2cccc3oc4ccccc4c23)nc(-n2c3ccccc3c3ccccc32)n1)c1cccc2c1oc1ccccc12. The van der Waals surface area contributed by atoms with Gasteiger partial charge in [0.1, 0.15) is 27.7 Å². The van der Waals surface area contributed by atoms with Crippen LogP contribution in [-0.4, -0.2) is 19.5 Å². The number of nitrogens with zero attached hydrogens (tertiary/aromatic N) is 4. The van der Waals surface area contributed by atoms with E-state index in [9.17, 15) is 0 Å². The lowest BCUT2D eigenvalue weighted by atomic mass is 9.71. The van der Waals surface area contributed by atoms with Crippen LogP contribution in [0.15, 0.2) is 191 Å². The van der Waals surface area contributed by atoms with Crippen LogP contribution in [0, 0.1) is 0 Å². The van der Waals surface area contributed by atoms with Gasteiger partial charge in [0.15, 0.2) is 11.6 Å². The molecule has 1 aliphatic carbocycles. The Bertz CT molecular complexity index is 3570. The minimum absolute atomic E-state index is 0.528. The number of rotatable bonds is 4. The number of para-hydroxylation sites is 5. The molecule has 6 heteroatoms. The second-order valence-electron chi connectivity index (χ2n) is 15.1.